The minimum atomic E-state index is -0.498. The van der Waals surface area contributed by atoms with Gasteiger partial charge in [-0.05, 0) is 36.1 Å². The molecule has 2 aromatic carbocycles. The lowest BCUT2D eigenvalue weighted by Gasteiger charge is -2.16. The van der Waals surface area contributed by atoms with Crippen molar-refractivity contribution < 1.29 is 9.72 Å². The number of halogens is 1. The van der Waals surface area contributed by atoms with Crippen molar-refractivity contribution in [1.29, 1.82) is 0 Å². The molecule has 29 heavy (non-hydrogen) atoms. The number of carbonyl (C=O) groups excluding carboxylic acids is 1. The smallest absolute Gasteiger partial charge is 0.269 e. The van der Waals surface area contributed by atoms with Crippen LogP contribution in [0.3, 0.4) is 0 Å². The van der Waals surface area contributed by atoms with Crippen molar-refractivity contribution in [2.45, 2.75) is 6.54 Å². The van der Waals surface area contributed by atoms with Crippen LogP contribution in [0, 0.1) is 10.1 Å². The van der Waals surface area contributed by atoms with E-state index in [2.05, 4.69) is 10.3 Å². The first kappa shape index (κ1) is 20.6. The number of nitrogens with one attached hydrogen (secondary N) is 1. The lowest BCUT2D eigenvalue weighted by molar-refractivity contribution is -0.384. The summed E-state index contributed by atoms with van der Waals surface area (Å²) >= 11 is 7.32. The maximum atomic E-state index is 13.2. The highest BCUT2D eigenvalue weighted by Crippen LogP contribution is 2.24. The van der Waals surface area contributed by atoms with E-state index in [1.54, 1.807) is 35.4 Å². The summed E-state index contributed by atoms with van der Waals surface area (Å²) in [6.07, 6.45) is 6.67. The molecule has 0 unspecified atom stereocenters. The van der Waals surface area contributed by atoms with Gasteiger partial charge in [0.1, 0.15) is 5.70 Å². The Morgan fingerprint density at radius 1 is 1.21 bits per heavy atom. The number of non-ortho nitro benzene ring substituents is 1. The number of hydrogen-bond donors (Lipinski definition) is 1. The fourth-order valence-electron chi connectivity index (χ4n) is 2.64. The fraction of sp³-hybridized carbons (Fsp3) is 0.100. The van der Waals surface area contributed by atoms with E-state index < -0.39 is 4.92 Å². The summed E-state index contributed by atoms with van der Waals surface area (Å²) in [5.41, 5.74) is 1.67. The van der Waals surface area contributed by atoms with Gasteiger partial charge in [-0.2, -0.15) is 0 Å². The zero-order valence-corrected chi connectivity index (χ0v) is 17.0. The molecule has 0 saturated heterocycles. The van der Waals surface area contributed by atoms with Crippen LogP contribution in [0.1, 0.15) is 15.9 Å². The molecule has 3 rings (SSSR count). The van der Waals surface area contributed by atoms with Crippen LogP contribution in [0.5, 0.6) is 0 Å². The first-order valence-corrected chi connectivity index (χ1v) is 10.1. The molecule has 0 aliphatic carbocycles. The highest BCUT2D eigenvalue weighted by Gasteiger charge is 2.20. The van der Waals surface area contributed by atoms with Crippen molar-refractivity contribution in [2.75, 3.05) is 6.26 Å². The van der Waals surface area contributed by atoms with Gasteiger partial charge >= 0.3 is 0 Å². The molecule has 7 nitrogen and oxygen atoms in total. The van der Waals surface area contributed by atoms with Crippen molar-refractivity contribution in [2.24, 2.45) is 0 Å². The van der Waals surface area contributed by atoms with Gasteiger partial charge in [-0.3, -0.25) is 14.9 Å². The summed E-state index contributed by atoms with van der Waals surface area (Å²) in [6, 6.07) is 13.0. The molecule has 0 radical (unpaired) electrons. The largest absolute Gasteiger partial charge is 0.374 e. The van der Waals surface area contributed by atoms with Gasteiger partial charge in [-0.25, -0.2) is 4.98 Å². The molecule has 0 amide bonds. The van der Waals surface area contributed by atoms with Crippen molar-refractivity contribution in [3.63, 3.8) is 0 Å². The molecular weight excluding hydrogens is 412 g/mol. The predicted molar refractivity (Wildman–Crippen MR) is 115 cm³/mol. The molecule has 9 heteroatoms. The number of imidazole rings is 1. The van der Waals surface area contributed by atoms with Crippen molar-refractivity contribution >= 4 is 40.5 Å². The third-order valence-electron chi connectivity index (χ3n) is 4.10. The SMILES string of the molecule is CSC(NCc1ccc(Cl)cc1)=C(C(=O)c1ccc([N+](=O)[O-])cc1)n1ccnc1. The van der Waals surface area contributed by atoms with Crippen LogP contribution >= 0.6 is 23.4 Å². The number of ketones is 1. The Morgan fingerprint density at radius 3 is 2.45 bits per heavy atom. The van der Waals surface area contributed by atoms with Crippen LogP contribution in [0.15, 0.2) is 72.3 Å². The molecule has 0 aliphatic rings. The third-order valence-corrected chi connectivity index (χ3v) is 5.10. The molecule has 0 saturated carbocycles. The number of aromatic nitrogens is 2. The summed E-state index contributed by atoms with van der Waals surface area (Å²) in [5, 5.41) is 15.5. The van der Waals surface area contributed by atoms with Crippen LogP contribution < -0.4 is 5.32 Å². The minimum Gasteiger partial charge on any atom is -0.374 e. The molecule has 0 fully saturated rings. The second-order valence-electron chi connectivity index (χ2n) is 5.96. The highest BCUT2D eigenvalue weighted by molar-refractivity contribution is 8.02. The summed E-state index contributed by atoms with van der Waals surface area (Å²) in [6.45, 7) is 0.499. The molecule has 1 N–H and O–H groups in total. The number of rotatable bonds is 8. The number of Topliss-reactive ketones (excluding diaryl/α,β-unsaturated/α-hetero) is 1. The summed E-state index contributed by atoms with van der Waals surface area (Å²) < 4.78 is 1.63. The van der Waals surface area contributed by atoms with Crippen molar-refractivity contribution in [3.05, 3.63) is 98.5 Å². The standard InChI is InChI=1S/C20H17ClN4O3S/c1-29-20(23-12-14-2-6-16(21)7-3-14)18(24-11-10-22-13-24)19(26)15-4-8-17(9-5-15)25(27)28/h2-11,13,23H,12H2,1H3. The van der Waals surface area contributed by atoms with Gasteiger partial charge in [0.2, 0.25) is 5.78 Å². The summed E-state index contributed by atoms with van der Waals surface area (Å²) in [5.74, 6) is -0.272. The van der Waals surface area contributed by atoms with E-state index in [-0.39, 0.29) is 11.5 Å². The normalized spacial score (nSPS) is 11.7. The van der Waals surface area contributed by atoms with Crippen molar-refractivity contribution in [3.8, 4) is 0 Å². The first-order chi connectivity index (χ1) is 14.0. The van der Waals surface area contributed by atoms with Gasteiger partial charge in [0, 0.05) is 41.7 Å². The second-order valence-corrected chi connectivity index (χ2v) is 7.22. The Hall–Kier alpha value is -3.10. The second kappa shape index (κ2) is 9.40. The van der Waals surface area contributed by atoms with Crippen LogP contribution in [-0.2, 0) is 6.54 Å². The van der Waals surface area contributed by atoms with Crippen LogP contribution in [0.4, 0.5) is 5.69 Å². The predicted octanol–water partition coefficient (Wildman–Crippen LogP) is 4.61. The molecule has 0 aliphatic heterocycles. The van der Waals surface area contributed by atoms with Crippen molar-refractivity contribution in [1.82, 2.24) is 14.9 Å². The van der Waals surface area contributed by atoms with E-state index >= 15 is 0 Å². The molecule has 148 valence electrons. The first-order valence-electron chi connectivity index (χ1n) is 8.53. The molecule has 3 aromatic rings. The van der Waals surface area contributed by atoms with Gasteiger partial charge in [0.15, 0.2) is 0 Å². The van der Waals surface area contributed by atoms with Gasteiger partial charge in [0.05, 0.1) is 16.3 Å². The maximum Gasteiger partial charge on any atom is 0.269 e. The quantitative estimate of drug-likeness (QED) is 0.244. The number of nitro groups is 1. The van der Waals surface area contributed by atoms with Crippen LogP contribution in [-0.4, -0.2) is 26.5 Å². The molecular formula is C20H17ClN4O3S. The number of nitrogens with zero attached hydrogens (tertiary/aromatic N) is 3. The highest BCUT2D eigenvalue weighted by atomic mass is 35.5. The topological polar surface area (TPSA) is 90.1 Å². The van der Waals surface area contributed by atoms with E-state index in [9.17, 15) is 14.9 Å². The van der Waals surface area contributed by atoms with Crippen LogP contribution in [0.25, 0.3) is 5.70 Å². The zero-order chi connectivity index (χ0) is 20.8. The van der Waals surface area contributed by atoms with E-state index in [0.717, 1.165) is 5.56 Å². The monoisotopic (exact) mass is 428 g/mol. The Bertz CT molecular complexity index is 1030. The number of carbonyl (C=O) groups is 1. The lowest BCUT2D eigenvalue weighted by atomic mass is 10.1. The van der Waals surface area contributed by atoms with Gasteiger partial charge in [-0.15, -0.1) is 11.8 Å². The Morgan fingerprint density at radius 2 is 1.90 bits per heavy atom. The van der Waals surface area contributed by atoms with Crippen LogP contribution in [0.2, 0.25) is 5.02 Å². The Labute approximate surface area is 176 Å². The molecule has 1 aromatic heterocycles. The molecule has 0 atom stereocenters. The Kier molecular flexibility index (Phi) is 6.69. The molecule has 1 heterocycles. The van der Waals surface area contributed by atoms with Gasteiger partial charge in [0.25, 0.3) is 5.69 Å². The fourth-order valence-corrected chi connectivity index (χ4v) is 3.37. The minimum absolute atomic E-state index is 0.0688. The molecule has 0 bridgehead atoms. The van der Waals surface area contributed by atoms with E-state index in [4.69, 9.17) is 11.6 Å². The third kappa shape index (κ3) is 5.04. The zero-order valence-electron chi connectivity index (χ0n) is 15.4. The number of hydrogen-bond acceptors (Lipinski definition) is 6. The average Bonchev–Trinajstić information content (AvgIpc) is 3.26. The van der Waals surface area contributed by atoms with Gasteiger partial charge in [-0.1, -0.05) is 23.7 Å². The van der Waals surface area contributed by atoms with Gasteiger partial charge < -0.3 is 9.88 Å². The average molecular weight is 429 g/mol. The number of thioether (sulfide) groups is 1. The summed E-state index contributed by atoms with van der Waals surface area (Å²) in [7, 11) is 0. The lowest BCUT2D eigenvalue weighted by Crippen LogP contribution is -2.19. The van der Waals surface area contributed by atoms with E-state index in [1.165, 1.54) is 36.0 Å². The number of nitro benzene ring substituents is 1. The maximum absolute atomic E-state index is 13.2. The van der Waals surface area contributed by atoms with E-state index in [1.807, 2.05) is 18.4 Å². The number of allylic oxidation sites excluding steroid dienone is 1. The summed E-state index contributed by atoms with van der Waals surface area (Å²) in [4.78, 5) is 27.6. The molecule has 0 spiro atoms. The number of benzene rings is 2. The Balaban J connectivity index is 1.94. The van der Waals surface area contributed by atoms with E-state index in [0.29, 0.717) is 27.9 Å².